The van der Waals surface area contributed by atoms with Crippen LogP contribution in [-0.4, -0.2) is 20.3 Å². The molecule has 2 aromatic rings. The fourth-order valence-electron chi connectivity index (χ4n) is 1.10. The van der Waals surface area contributed by atoms with E-state index in [0.29, 0.717) is 0 Å². The third kappa shape index (κ3) is 2.53. The Morgan fingerprint density at radius 2 is 2.40 bits per heavy atom. The van der Waals surface area contributed by atoms with Crippen molar-refractivity contribution in [2.75, 3.05) is 0 Å². The lowest BCUT2D eigenvalue weighted by Gasteiger charge is -2.08. The maximum Gasteiger partial charge on any atom is 0.180 e. The molecule has 6 heteroatoms. The Morgan fingerprint density at radius 3 is 3.07 bits per heavy atom. The van der Waals surface area contributed by atoms with E-state index in [0.717, 1.165) is 14.9 Å². The molecule has 0 spiro atoms. The van der Waals surface area contributed by atoms with E-state index in [4.69, 9.17) is 0 Å². The van der Waals surface area contributed by atoms with Crippen molar-refractivity contribution >= 4 is 23.1 Å². The largest absolute Gasteiger partial charge is 0.389 e. The van der Waals surface area contributed by atoms with Crippen molar-refractivity contribution in [3.05, 3.63) is 29.4 Å². The van der Waals surface area contributed by atoms with Crippen molar-refractivity contribution in [2.24, 2.45) is 0 Å². The molecule has 1 N–H and O–H groups in total. The fourth-order valence-corrected chi connectivity index (χ4v) is 2.66. The van der Waals surface area contributed by atoms with Crippen molar-refractivity contribution in [3.63, 3.8) is 0 Å². The molecule has 0 unspecified atom stereocenters. The lowest BCUT2D eigenvalue weighted by Crippen LogP contribution is -1.95. The highest BCUT2D eigenvalue weighted by atomic mass is 32.2. The van der Waals surface area contributed by atoms with E-state index in [1.54, 1.807) is 18.6 Å². The number of rotatable bonds is 3. The van der Waals surface area contributed by atoms with Crippen LogP contribution in [0.15, 0.2) is 33.2 Å². The second-order valence-electron chi connectivity index (χ2n) is 2.88. The summed E-state index contributed by atoms with van der Waals surface area (Å²) in [5, 5.41) is 18.0. The van der Waals surface area contributed by atoms with E-state index in [9.17, 15) is 5.11 Å². The normalized spacial score (nSPS) is 12.7. The first-order chi connectivity index (χ1) is 7.27. The molecule has 2 heterocycles. The fraction of sp³-hybridized carbons (Fsp3) is 0.222. The van der Waals surface area contributed by atoms with Crippen LogP contribution in [0.3, 0.4) is 0 Å². The molecular formula is C9H9N3OS2. The molecule has 4 nitrogen and oxygen atoms in total. The van der Waals surface area contributed by atoms with Gasteiger partial charge in [0.1, 0.15) is 10.5 Å². The molecule has 0 radical (unpaired) electrons. The van der Waals surface area contributed by atoms with Crippen LogP contribution in [0.2, 0.25) is 0 Å². The van der Waals surface area contributed by atoms with Crippen LogP contribution in [0.5, 0.6) is 0 Å². The van der Waals surface area contributed by atoms with Crippen LogP contribution in [0.4, 0.5) is 0 Å². The van der Waals surface area contributed by atoms with Crippen molar-refractivity contribution in [2.45, 2.75) is 22.4 Å². The first kappa shape index (κ1) is 10.5. The first-order valence-corrected chi connectivity index (χ1v) is 6.04. The Bertz CT molecular complexity index is 431. The number of aromatic nitrogens is 3. The van der Waals surface area contributed by atoms with E-state index in [1.165, 1.54) is 23.1 Å². The van der Waals surface area contributed by atoms with Gasteiger partial charge >= 0.3 is 0 Å². The van der Waals surface area contributed by atoms with Gasteiger partial charge in [0.15, 0.2) is 4.34 Å². The maximum absolute atomic E-state index is 9.55. The Balaban J connectivity index is 2.28. The predicted octanol–water partition coefficient (Wildman–Crippen LogP) is 2.14. The van der Waals surface area contributed by atoms with Gasteiger partial charge in [-0.15, -0.1) is 10.2 Å². The lowest BCUT2D eigenvalue weighted by atomic mass is 10.2. The SMILES string of the molecule is C[C@@H](O)c1cccnc1Sc1nncs1. The predicted molar refractivity (Wildman–Crippen MR) is 58.9 cm³/mol. The standard InChI is InChI=1S/C9H9N3OS2/c1-6(13)7-3-2-4-10-8(7)15-9-12-11-5-14-9/h2-6,13H,1H3/t6-/m1/s1. The van der Waals surface area contributed by atoms with Crippen LogP contribution >= 0.6 is 23.1 Å². The summed E-state index contributed by atoms with van der Waals surface area (Å²) in [4.78, 5) is 4.22. The van der Waals surface area contributed by atoms with E-state index < -0.39 is 6.10 Å². The molecule has 0 fully saturated rings. The summed E-state index contributed by atoms with van der Waals surface area (Å²) in [5.74, 6) is 0. The molecule has 78 valence electrons. The van der Waals surface area contributed by atoms with Gasteiger partial charge in [0.2, 0.25) is 0 Å². The molecule has 0 aliphatic rings. The summed E-state index contributed by atoms with van der Waals surface area (Å²) in [6, 6.07) is 3.67. The molecular weight excluding hydrogens is 230 g/mol. The molecule has 0 aliphatic carbocycles. The zero-order valence-corrected chi connectivity index (χ0v) is 9.63. The van der Waals surface area contributed by atoms with Crippen LogP contribution in [0.25, 0.3) is 0 Å². The second-order valence-corrected chi connectivity index (χ2v) is 4.95. The summed E-state index contributed by atoms with van der Waals surface area (Å²) in [5.41, 5.74) is 2.49. The van der Waals surface area contributed by atoms with E-state index in [1.807, 2.05) is 12.1 Å². The summed E-state index contributed by atoms with van der Waals surface area (Å²) >= 11 is 2.88. The lowest BCUT2D eigenvalue weighted by molar-refractivity contribution is 0.195. The molecule has 2 rings (SSSR count). The summed E-state index contributed by atoms with van der Waals surface area (Å²) in [7, 11) is 0. The van der Waals surface area contributed by atoms with Gasteiger partial charge in [0.25, 0.3) is 0 Å². The molecule has 0 saturated heterocycles. The Kier molecular flexibility index (Phi) is 3.30. The van der Waals surface area contributed by atoms with Crippen molar-refractivity contribution < 1.29 is 5.11 Å². The number of hydrogen-bond acceptors (Lipinski definition) is 6. The number of hydrogen-bond donors (Lipinski definition) is 1. The number of pyridine rings is 1. The second kappa shape index (κ2) is 4.69. The molecule has 2 aromatic heterocycles. The zero-order chi connectivity index (χ0) is 10.7. The highest BCUT2D eigenvalue weighted by molar-refractivity contribution is 8.01. The summed E-state index contributed by atoms with van der Waals surface area (Å²) in [6.45, 7) is 1.72. The minimum absolute atomic E-state index is 0.519. The molecule has 1 atom stereocenters. The Morgan fingerprint density at radius 1 is 1.53 bits per heavy atom. The quantitative estimate of drug-likeness (QED) is 0.889. The minimum Gasteiger partial charge on any atom is -0.389 e. The van der Waals surface area contributed by atoms with Gasteiger partial charge in [-0.2, -0.15) is 0 Å². The average molecular weight is 239 g/mol. The molecule has 0 aromatic carbocycles. The topological polar surface area (TPSA) is 58.9 Å². The van der Waals surface area contributed by atoms with Gasteiger partial charge in [-0.1, -0.05) is 17.4 Å². The summed E-state index contributed by atoms with van der Waals surface area (Å²) in [6.07, 6.45) is 1.18. The van der Waals surface area contributed by atoms with Gasteiger partial charge in [-0.05, 0) is 24.8 Å². The van der Waals surface area contributed by atoms with E-state index in [2.05, 4.69) is 15.2 Å². The minimum atomic E-state index is -0.519. The Labute approximate surface area is 95.4 Å². The molecule has 0 saturated carbocycles. The third-order valence-electron chi connectivity index (χ3n) is 1.77. The van der Waals surface area contributed by atoms with Crippen molar-refractivity contribution in [3.8, 4) is 0 Å². The number of nitrogens with zero attached hydrogens (tertiary/aromatic N) is 3. The molecule has 15 heavy (non-hydrogen) atoms. The molecule has 0 aliphatic heterocycles. The number of aliphatic hydroxyl groups excluding tert-OH is 1. The van der Waals surface area contributed by atoms with Gasteiger partial charge in [0, 0.05) is 11.8 Å². The Hall–Kier alpha value is -0.980. The van der Waals surface area contributed by atoms with E-state index in [-0.39, 0.29) is 0 Å². The maximum atomic E-state index is 9.55. The van der Waals surface area contributed by atoms with E-state index >= 15 is 0 Å². The zero-order valence-electron chi connectivity index (χ0n) is 7.99. The van der Waals surface area contributed by atoms with Gasteiger partial charge < -0.3 is 5.11 Å². The van der Waals surface area contributed by atoms with Crippen molar-refractivity contribution in [1.82, 2.24) is 15.2 Å². The van der Waals surface area contributed by atoms with Crippen LogP contribution in [-0.2, 0) is 0 Å². The highest BCUT2D eigenvalue weighted by Crippen LogP contribution is 2.31. The molecule has 0 amide bonds. The monoisotopic (exact) mass is 239 g/mol. The highest BCUT2D eigenvalue weighted by Gasteiger charge is 2.11. The first-order valence-electron chi connectivity index (χ1n) is 4.34. The van der Waals surface area contributed by atoms with Crippen LogP contribution in [0, 0.1) is 0 Å². The third-order valence-corrected chi connectivity index (χ3v) is 3.59. The van der Waals surface area contributed by atoms with Gasteiger partial charge in [-0.3, -0.25) is 0 Å². The van der Waals surface area contributed by atoms with Gasteiger partial charge in [-0.25, -0.2) is 4.98 Å². The average Bonchev–Trinajstić information content (AvgIpc) is 2.71. The van der Waals surface area contributed by atoms with Gasteiger partial charge in [0.05, 0.1) is 6.10 Å². The smallest absolute Gasteiger partial charge is 0.180 e. The number of aliphatic hydroxyl groups is 1. The molecule has 0 bridgehead atoms. The summed E-state index contributed by atoms with van der Waals surface area (Å²) < 4.78 is 0.829. The van der Waals surface area contributed by atoms with Crippen molar-refractivity contribution in [1.29, 1.82) is 0 Å². The van der Waals surface area contributed by atoms with Crippen LogP contribution in [0.1, 0.15) is 18.6 Å². The van der Waals surface area contributed by atoms with Crippen LogP contribution < -0.4 is 0 Å².